The van der Waals surface area contributed by atoms with Crippen LogP contribution >= 0.6 is 0 Å². The third-order valence-electron chi connectivity index (χ3n) is 3.24. The molecule has 2 amide bonds. The summed E-state index contributed by atoms with van der Waals surface area (Å²) < 4.78 is 5.17. The van der Waals surface area contributed by atoms with E-state index in [1.54, 1.807) is 4.90 Å². The first kappa shape index (κ1) is 16.3. The Balaban J connectivity index is 1.90. The fraction of sp³-hybridized carbons (Fsp3) is 0.500. The van der Waals surface area contributed by atoms with Crippen LogP contribution in [0.25, 0.3) is 0 Å². The van der Waals surface area contributed by atoms with E-state index in [1.807, 2.05) is 45.0 Å². The normalized spacial score (nSPS) is 18.5. The zero-order chi connectivity index (χ0) is 16.3. The highest BCUT2D eigenvalue weighted by Gasteiger charge is 2.27. The standard InChI is InChI=1S/C16H23N3O3/c1-16(2,3)22-15(21)18-9-11-4-6-13(7-5-11)19-10-12(17)8-14(19)20/h4-7,12H,8-10,17H2,1-3H3,(H,18,21). The first-order chi connectivity index (χ1) is 10.2. The number of hydrogen-bond acceptors (Lipinski definition) is 4. The number of carbonyl (C=O) groups excluding carboxylic acids is 2. The van der Waals surface area contributed by atoms with Crippen LogP contribution in [0.3, 0.4) is 0 Å². The van der Waals surface area contributed by atoms with Gasteiger partial charge in [-0.3, -0.25) is 4.79 Å². The van der Waals surface area contributed by atoms with Gasteiger partial charge < -0.3 is 20.7 Å². The van der Waals surface area contributed by atoms with Crippen LogP contribution in [0.5, 0.6) is 0 Å². The van der Waals surface area contributed by atoms with E-state index in [0.29, 0.717) is 19.5 Å². The number of amides is 2. The van der Waals surface area contributed by atoms with Crippen LogP contribution in [-0.4, -0.2) is 30.2 Å². The second-order valence-electron chi connectivity index (χ2n) is 6.49. The molecule has 22 heavy (non-hydrogen) atoms. The second kappa shape index (κ2) is 6.36. The third-order valence-corrected chi connectivity index (χ3v) is 3.24. The molecule has 0 aromatic heterocycles. The maximum atomic E-state index is 11.8. The molecule has 0 saturated carbocycles. The lowest BCUT2D eigenvalue weighted by Crippen LogP contribution is -2.32. The Hall–Kier alpha value is -2.08. The van der Waals surface area contributed by atoms with Gasteiger partial charge in [0, 0.05) is 31.2 Å². The molecule has 1 atom stereocenters. The second-order valence-corrected chi connectivity index (χ2v) is 6.49. The number of hydrogen-bond donors (Lipinski definition) is 2. The van der Waals surface area contributed by atoms with Gasteiger partial charge in [-0.15, -0.1) is 0 Å². The fourth-order valence-corrected chi connectivity index (χ4v) is 2.27. The van der Waals surface area contributed by atoms with Gasteiger partial charge in [0.25, 0.3) is 0 Å². The molecule has 1 unspecified atom stereocenters. The SMILES string of the molecule is CC(C)(C)OC(=O)NCc1ccc(N2CC(N)CC2=O)cc1. The van der Waals surface area contributed by atoms with Crippen LogP contribution < -0.4 is 16.0 Å². The monoisotopic (exact) mass is 305 g/mol. The highest BCUT2D eigenvalue weighted by Crippen LogP contribution is 2.21. The minimum atomic E-state index is -0.511. The summed E-state index contributed by atoms with van der Waals surface area (Å²) in [6, 6.07) is 7.39. The van der Waals surface area contributed by atoms with Crippen LogP contribution in [-0.2, 0) is 16.1 Å². The number of alkyl carbamates (subject to hydrolysis) is 1. The number of anilines is 1. The molecule has 0 spiro atoms. The van der Waals surface area contributed by atoms with Crippen molar-refractivity contribution in [3.8, 4) is 0 Å². The van der Waals surface area contributed by atoms with Crippen molar-refractivity contribution in [2.24, 2.45) is 5.73 Å². The molecule has 1 saturated heterocycles. The van der Waals surface area contributed by atoms with E-state index in [-0.39, 0.29) is 11.9 Å². The average molecular weight is 305 g/mol. The maximum absolute atomic E-state index is 11.8. The van der Waals surface area contributed by atoms with E-state index >= 15 is 0 Å². The number of carbonyl (C=O) groups is 2. The number of rotatable bonds is 3. The smallest absolute Gasteiger partial charge is 0.407 e. The molecule has 1 aliphatic heterocycles. The number of nitrogens with two attached hydrogens (primary N) is 1. The Morgan fingerprint density at radius 2 is 2.00 bits per heavy atom. The van der Waals surface area contributed by atoms with Gasteiger partial charge in [0.15, 0.2) is 0 Å². The summed E-state index contributed by atoms with van der Waals surface area (Å²) in [5.41, 5.74) is 7.05. The molecule has 120 valence electrons. The van der Waals surface area contributed by atoms with Crippen LogP contribution in [0, 0.1) is 0 Å². The number of ether oxygens (including phenoxy) is 1. The summed E-state index contributed by atoms with van der Waals surface area (Å²) in [5.74, 6) is 0.0483. The highest BCUT2D eigenvalue weighted by atomic mass is 16.6. The molecule has 0 radical (unpaired) electrons. The van der Waals surface area contributed by atoms with Crippen molar-refractivity contribution >= 4 is 17.7 Å². The van der Waals surface area contributed by atoms with Crippen molar-refractivity contribution in [3.05, 3.63) is 29.8 Å². The summed E-state index contributed by atoms with van der Waals surface area (Å²) in [5, 5.41) is 2.70. The number of benzene rings is 1. The van der Waals surface area contributed by atoms with Crippen molar-refractivity contribution in [1.82, 2.24) is 5.32 Å². The summed E-state index contributed by atoms with van der Waals surface area (Å²) in [7, 11) is 0. The van der Waals surface area contributed by atoms with E-state index in [4.69, 9.17) is 10.5 Å². The predicted octanol–water partition coefficient (Wildman–Crippen LogP) is 1.78. The Morgan fingerprint density at radius 3 is 2.50 bits per heavy atom. The Labute approximate surface area is 130 Å². The Kier molecular flexibility index (Phi) is 4.71. The van der Waals surface area contributed by atoms with Crippen molar-refractivity contribution in [2.45, 2.75) is 45.4 Å². The Morgan fingerprint density at radius 1 is 1.36 bits per heavy atom. The van der Waals surface area contributed by atoms with Crippen LogP contribution in [0.1, 0.15) is 32.8 Å². The van der Waals surface area contributed by atoms with Gasteiger partial charge in [0.05, 0.1) is 0 Å². The molecule has 2 rings (SSSR count). The van der Waals surface area contributed by atoms with Crippen LogP contribution in [0.2, 0.25) is 0 Å². The number of nitrogens with one attached hydrogen (secondary N) is 1. The molecule has 0 bridgehead atoms. The summed E-state index contributed by atoms with van der Waals surface area (Å²) >= 11 is 0. The molecule has 1 aromatic rings. The van der Waals surface area contributed by atoms with Crippen molar-refractivity contribution in [2.75, 3.05) is 11.4 Å². The predicted molar refractivity (Wildman–Crippen MR) is 84.5 cm³/mol. The quantitative estimate of drug-likeness (QED) is 0.891. The molecular formula is C16H23N3O3. The van der Waals surface area contributed by atoms with Gasteiger partial charge in [-0.05, 0) is 38.5 Å². The Bertz CT molecular complexity index is 549. The third kappa shape index (κ3) is 4.46. The van der Waals surface area contributed by atoms with E-state index in [1.165, 1.54) is 0 Å². The lowest BCUT2D eigenvalue weighted by Gasteiger charge is -2.20. The van der Waals surface area contributed by atoms with Crippen molar-refractivity contribution < 1.29 is 14.3 Å². The molecule has 1 aromatic carbocycles. The molecule has 3 N–H and O–H groups in total. The largest absolute Gasteiger partial charge is 0.444 e. The topological polar surface area (TPSA) is 84.7 Å². The minimum Gasteiger partial charge on any atom is -0.444 e. The zero-order valence-corrected chi connectivity index (χ0v) is 13.3. The van der Waals surface area contributed by atoms with Gasteiger partial charge in [0.2, 0.25) is 5.91 Å². The fourth-order valence-electron chi connectivity index (χ4n) is 2.27. The lowest BCUT2D eigenvalue weighted by atomic mass is 10.2. The first-order valence-electron chi connectivity index (χ1n) is 7.36. The molecular weight excluding hydrogens is 282 g/mol. The minimum absolute atomic E-state index is 0.0483. The van der Waals surface area contributed by atoms with E-state index in [2.05, 4.69) is 5.32 Å². The molecule has 1 heterocycles. The molecule has 1 aliphatic rings. The molecule has 6 nitrogen and oxygen atoms in total. The molecule has 6 heteroatoms. The summed E-state index contributed by atoms with van der Waals surface area (Å²) in [4.78, 5) is 25.1. The maximum Gasteiger partial charge on any atom is 0.407 e. The van der Waals surface area contributed by atoms with Crippen LogP contribution in [0.4, 0.5) is 10.5 Å². The molecule has 1 fully saturated rings. The molecule has 0 aliphatic carbocycles. The zero-order valence-electron chi connectivity index (χ0n) is 13.3. The number of nitrogens with zero attached hydrogens (tertiary/aromatic N) is 1. The van der Waals surface area contributed by atoms with E-state index in [9.17, 15) is 9.59 Å². The van der Waals surface area contributed by atoms with Crippen molar-refractivity contribution in [1.29, 1.82) is 0 Å². The van der Waals surface area contributed by atoms with Crippen molar-refractivity contribution in [3.63, 3.8) is 0 Å². The van der Waals surface area contributed by atoms with Gasteiger partial charge >= 0.3 is 6.09 Å². The van der Waals surface area contributed by atoms with Gasteiger partial charge in [-0.1, -0.05) is 12.1 Å². The summed E-state index contributed by atoms with van der Waals surface area (Å²) in [6.45, 7) is 6.38. The van der Waals surface area contributed by atoms with E-state index < -0.39 is 11.7 Å². The van der Waals surface area contributed by atoms with Gasteiger partial charge in [-0.2, -0.15) is 0 Å². The summed E-state index contributed by atoms with van der Waals surface area (Å²) in [6.07, 6.45) is -0.0561. The highest BCUT2D eigenvalue weighted by molar-refractivity contribution is 5.96. The average Bonchev–Trinajstić information content (AvgIpc) is 2.74. The van der Waals surface area contributed by atoms with Gasteiger partial charge in [-0.25, -0.2) is 4.79 Å². The lowest BCUT2D eigenvalue weighted by molar-refractivity contribution is -0.117. The van der Waals surface area contributed by atoms with E-state index in [0.717, 1.165) is 11.3 Å². The van der Waals surface area contributed by atoms with Crippen LogP contribution in [0.15, 0.2) is 24.3 Å². The first-order valence-corrected chi connectivity index (χ1v) is 7.36. The van der Waals surface area contributed by atoms with Gasteiger partial charge in [0.1, 0.15) is 5.60 Å².